The average Bonchev–Trinajstić information content (AvgIpc) is 2.35. The lowest BCUT2D eigenvalue weighted by Crippen LogP contribution is -2.29. The lowest BCUT2D eigenvalue weighted by atomic mass is 10.1. The summed E-state index contributed by atoms with van der Waals surface area (Å²) in [7, 11) is 3.99. The summed E-state index contributed by atoms with van der Waals surface area (Å²) in [6.07, 6.45) is 0. The van der Waals surface area contributed by atoms with E-state index < -0.39 is 0 Å². The zero-order chi connectivity index (χ0) is 12.8. The van der Waals surface area contributed by atoms with Crippen molar-refractivity contribution in [2.45, 2.75) is 13.8 Å². The minimum absolute atomic E-state index is 0.194. The largest absolute Gasteiger partial charge is 0.378 e. The van der Waals surface area contributed by atoms with Gasteiger partial charge in [-0.05, 0) is 37.4 Å². The van der Waals surface area contributed by atoms with Crippen molar-refractivity contribution in [1.82, 2.24) is 4.90 Å². The van der Waals surface area contributed by atoms with Gasteiger partial charge in [0.2, 0.25) is 0 Å². The topological polar surface area (TPSA) is 23.6 Å². The number of benzene rings is 1. The van der Waals surface area contributed by atoms with Gasteiger partial charge in [-0.2, -0.15) is 0 Å². The molecule has 0 bridgehead atoms. The van der Waals surface area contributed by atoms with Crippen LogP contribution in [0.5, 0.6) is 0 Å². The molecule has 0 aromatic heterocycles. The average molecular weight is 234 g/mol. The number of carbonyl (C=O) groups is 1. The summed E-state index contributed by atoms with van der Waals surface area (Å²) in [5, 5.41) is 0. The minimum Gasteiger partial charge on any atom is -0.378 e. The maximum atomic E-state index is 12.0. The molecule has 0 amide bonds. The Balaban J connectivity index is 2.69. The van der Waals surface area contributed by atoms with Gasteiger partial charge in [0.15, 0.2) is 5.78 Å². The maximum absolute atomic E-state index is 12.0. The summed E-state index contributed by atoms with van der Waals surface area (Å²) in [6, 6.07) is 7.77. The van der Waals surface area contributed by atoms with Crippen molar-refractivity contribution in [3.8, 4) is 0 Å². The van der Waals surface area contributed by atoms with Gasteiger partial charge in [-0.15, -0.1) is 0 Å². The number of nitrogens with zero attached hydrogens (tertiary/aromatic N) is 2. The zero-order valence-electron chi connectivity index (χ0n) is 11.2. The van der Waals surface area contributed by atoms with Crippen LogP contribution in [0.4, 0.5) is 5.69 Å². The van der Waals surface area contributed by atoms with Gasteiger partial charge in [0, 0.05) is 25.3 Å². The second-order valence-electron chi connectivity index (χ2n) is 4.33. The quantitative estimate of drug-likeness (QED) is 0.705. The third-order valence-corrected chi connectivity index (χ3v) is 2.97. The minimum atomic E-state index is 0.194. The second kappa shape index (κ2) is 6.40. The fourth-order valence-corrected chi connectivity index (χ4v) is 1.69. The fraction of sp³-hybridized carbons (Fsp3) is 0.500. The lowest BCUT2D eigenvalue weighted by molar-refractivity contribution is 0.0937. The van der Waals surface area contributed by atoms with Crippen LogP contribution in [0.25, 0.3) is 0 Å². The number of hydrogen-bond acceptors (Lipinski definition) is 3. The first-order valence-electron chi connectivity index (χ1n) is 6.11. The Morgan fingerprint density at radius 1 is 1.06 bits per heavy atom. The van der Waals surface area contributed by atoms with E-state index in [4.69, 9.17) is 0 Å². The number of rotatable bonds is 6. The van der Waals surface area contributed by atoms with Crippen molar-refractivity contribution in [3.63, 3.8) is 0 Å². The molecule has 0 saturated heterocycles. The summed E-state index contributed by atoms with van der Waals surface area (Å²) in [6.45, 7) is 6.49. The van der Waals surface area contributed by atoms with Gasteiger partial charge in [0.25, 0.3) is 0 Å². The molecule has 1 rings (SSSR count). The molecule has 3 nitrogen and oxygen atoms in total. The summed E-state index contributed by atoms with van der Waals surface area (Å²) in [5.41, 5.74) is 1.91. The van der Waals surface area contributed by atoms with Crippen LogP contribution >= 0.6 is 0 Å². The van der Waals surface area contributed by atoms with Gasteiger partial charge in [0.05, 0.1) is 6.54 Å². The van der Waals surface area contributed by atoms with E-state index in [0.717, 1.165) is 24.3 Å². The van der Waals surface area contributed by atoms with Gasteiger partial charge in [-0.25, -0.2) is 0 Å². The highest BCUT2D eigenvalue weighted by Gasteiger charge is 2.09. The number of ketones is 1. The van der Waals surface area contributed by atoms with Gasteiger partial charge >= 0.3 is 0 Å². The summed E-state index contributed by atoms with van der Waals surface area (Å²) in [4.78, 5) is 16.2. The molecule has 0 N–H and O–H groups in total. The van der Waals surface area contributed by atoms with E-state index in [1.807, 2.05) is 43.3 Å². The van der Waals surface area contributed by atoms with Crippen LogP contribution in [0.3, 0.4) is 0 Å². The molecule has 0 aliphatic rings. The first-order chi connectivity index (χ1) is 8.08. The third kappa shape index (κ3) is 3.86. The highest BCUT2D eigenvalue weighted by atomic mass is 16.1. The Kier molecular flexibility index (Phi) is 5.16. The highest BCUT2D eigenvalue weighted by Crippen LogP contribution is 2.12. The van der Waals surface area contributed by atoms with Crippen LogP contribution in [0.2, 0.25) is 0 Å². The SMILES string of the molecule is CCN(CC)CC(=O)c1ccc(N(C)C)cc1. The Labute approximate surface area is 104 Å². The fourth-order valence-electron chi connectivity index (χ4n) is 1.69. The molecular formula is C14H22N2O. The van der Waals surface area contributed by atoms with Crippen LogP contribution in [-0.4, -0.2) is 44.4 Å². The molecule has 1 aromatic carbocycles. The lowest BCUT2D eigenvalue weighted by Gasteiger charge is -2.17. The third-order valence-electron chi connectivity index (χ3n) is 2.97. The Hall–Kier alpha value is -1.35. The van der Waals surface area contributed by atoms with Crippen molar-refractivity contribution >= 4 is 11.5 Å². The highest BCUT2D eigenvalue weighted by molar-refractivity contribution is 5.97. The van der Waals surface area contributed by atoms with E-state index in [2.05, 4.69) is 18.7 Å². The molecule has 0 spiro atoms. The predicted octanol–water partition coefficient (Wildman–Crippen LogP) is 2.28. The van der Waals surface area contributed by atoms with Crippen LogP contribution in [0.1, 0.15) is 24.2 Å². The van der Waals surface area contributed by atoms with Gasteiger partial charge < -0.3 is 4.90 Å². The molecule has 0 radical (unpaired) electrons. The molecule has 3 heteroatoms. The van der Waals surface area contributed by atoms with Crippen LogP contribution < -0.4 is 4.90 Å². The first-order valence-corrected chi connectivity index (χ1v) is 6.11. The molecule has 1 aromatic rings. The molecule has 0 fully saturated rings. The second-order valence-corrected chi connectivity index (χ2v) is 4.33. The van der Waals surface area contributed by atoms with Crippen molar-refractivity contribution in [2.24, 2.45) is 0 Å². The van der Waals surface area contributed by atoms with Crippen molar-refractivity contribution in [3.05, 3.63) is 29.8 Å². The van der Waals surface area contributed by atoms with Crippen molar-refractivity contribution < 1.29 is 4.79 Å². The van der Waals surface area contributed by atoms with Crippen LogP contribution in [0.15, 0.2) is 24.3 Å². The molecule has 94 valence electrons. The molecule has 0 heterocycles. The van der Waals surface area contributed by atoms with Crippen molar-refractivity contribution in [2.75, 3.05) is 38.6 Å². The Bertz CT molecular complexity index is 353. The predicted molar refractivity (Wildman–Crippen MR) is 72.9 cm³/mol. The number of hydrogen-bond donors (Lipinski definition) is 0. The molecule has 0 unspecified atom stereocenters. The standard InChI is InChI=1S/C14H22N2O/c1-5-16(6-2)11-14(17)12-7-9-13(10-8-12)15(3)4/h7-10H,5-6,11H2,1-4H3. The normalized spacial score (nSPS) is 10.6. The smallest absolute Gasteiger partial charge is 0.176 e. The van der Waals surface area contributed by atoms with E-state index in [1.165, 1.54) is 0 Å². The number of anilines is 1. The molecule has 0 aliphatic carbocycles. The first kappa shape index (κ1) is 13.7. The zero-order valence-corrected chi connectivity index (χ0v) is 11.2. The molecule has 0 aliphatic heterocycles. The van der Waals surface area contributed by atoms with Crippen LogP contribution in [0, 0.1) is 0 Å². The summed E-state index contributed by atoms with van der Waals surface area (Å²) < 4.78 is 0. The summed E-state index contributed by atoms with van der Waals surface area (Å²) >= 11 is 0. The number of carbonyl (C=O) groups excluding carboxylic acids is 1. The molecular weight excluding hydrogens is 212 g/mol. The van der Waals surface area contributed by atoms with E-state index in [-0.39, 0.29) is 5.78 Å². The van der Waals surface area contributed by atoms with Crippen LogP contribution in [-0.2, 0) is 0 Å². The van der Waals surface area contributed by atoms with E-state index in [0.29, 0.717) is 6.54 Å². The monoisotopic (exact) mass is 234 g/mol. The van der Waals surface area contributed by atoms with Gasteiger partial charge in [-0.1, -0.05) is 13.8 Å². The molecule has 0 atom stereocenters. The van der Waals surface area contributed by atoms with E-state index >= 15 is 0 Å². The summed E-state index contributed by atoms with van der Waals surface area (Å²) in [5.74, 6) is 0.194. The molecule has 0 saturated carbocycles. The Morgan fingerprint density at radius 2 is 1.59 bits per heavy atom. The Morgan fingerprint density at radius 3 is 2.00 bits per heavy atom. The van der Waals surface area contributed by atoms with E-state index in [1.54, 1.807) is 0 Å². The molecule has 17 heavy (non-hydrogen) atoms. The maximum Gasteiger partial charge on any atom is 0.176 e. The number of Topliss-reactive ketones (excluding diaryl/α,β-unsaturated/α-hetero) is 1. The van der Waals surface area contributed by atoms with Crippen molar-refractivity contribution in [1.29, 1.82) is 0 Å². The van der Waals surface area contributed by atoms with E-state index in [9.17, 15) is 4.79 Å². The number of likely N-dealkylation sites (N-methyl/N-ethyl adjacent to an activating group) is 1. The van der Waals surface area contributed by atoms with Gasteiger partial charge in [0.1, 0.15) is 0 Å². The van der Waals surface area contributed by atoms with Gasteiger partial charge in [-0.3, -0.25) is 9.69 Å².